The number of carbonyl (C=O) groups excluding carboxylic acids is 2. The fraction of sp³-hybridized carbons (Fsp3) is 0.238. The van der Waals surface area contributed by atoms with E-state index >= 15 is 0 Å². The van der Waals surface area contributed by atoms with E-state index in [1.165, 1.54) is 6.08 Å². The summed E-state index contributed by atoms with van der Waals surface area (Å²) in [5.74, 6) is 0.404. The van der Waals surface area contributed by atoms with Crippen molar-refractivity contribution in [1.29, 1.82) is 0 Å². The maximum absolute atomic E-state index is 12.6. The van der Waals surface area contributed by atoms with Crippen LogP contribution in [0, 0.1) is 0 Å². The Morgan fingerprint density at radius 1 is 1.19 bits per heavy atom. The largest absolute Gasteiger partial charge is 0.497 e. The molecule has 1 atom stereocenters. The molecule has 1 heterocycles. The van der Waals surface area contributed by atoms with Gasteiger partial charge in [0, 0.05) is 22.8 Å². The van der Waals surface area contributed by atoms with Crippen LogP contribution in [-0.2, 0) is 9.59 Å². The number of hydrogen-bond acceptors (Lipinski definition) is 3. The minimum absolute atomic E-state index is 0.155. The number of nitrogens with one attached hydrogen (secondary N) is 1. The van der Waals surface area contributed by atoms with E-state index in [-0.39, 0.29) is 11.8 Å². The van der Waals surface area contributed by atoms with Gasteiger partial charge in [0.25, 0.3) is 0 Å². The second-order valence-corrected chi connectivity index (χ2v) is 7.12. The Morgan fingerprint density at radius 2 is 1.93 bits per heavy atom. The number of amides is 2. The zero-order valence-corrected chi connectivity index (χ0v) is 16.6. The van der Waals surface area contributed by atoms with Crippen molar-refractivity contribution in [3.8, 4) is 5.75 Å². The summed E-state index contributed by atoms with van der Waals surface area (Å²) < 4.78 is 6.04. The fourth-order valence-corrected chi connectivity index (χ4v) is 3.49. The minimum Gasteiger partial charge on any atom is -0.497 e. The van der Waals surface area contributed by atoms with Gasteiger partial charge in [-0.05, 0) is 54.8 Å². The van der Waals surface area contributed by atoms with Crippen LogP contribution in [0.4, 0.5) is 5.69 Å². The molecule has 0 bridgehead atoms. The smallest absolute Gasteiger partial charge is 0.247 e. The van der Waals surface area contributed by atoms with Gasteiger partial charge in [-0.25, -0.2) is 0 Å². The van der Waals surface area contributed by atoms with E-state index in [1.807, 2.05) is 24.3 Å². The van der Waals surface area contributed by atoms with E-state index in [2.05, 4.69) is 21.2 Å². The molecule has 1 saturated heterocycles. The third kappa shape index (κ3) is 4.77. The summed E-state index contributed by atoms with van der Waals surface area (Å²) in [5, 5.41) is 2.88. The molecule has 5 nitrogen and oxygen atoms in total. The fourth-order valence-electron chi connectivity index (χ4n) is 3.07. The number of rotatable bonds is 5. The predicted octanol–water partition coefficient (Wildman–Crippen LogP) is 4.10. The van der Waals surface area contributed by atoms with Gasteiger partial charge in [-0.1, -0.05) is 34.1 Å². The number of methoxy groups -OCH3 is 1. The Kier molecular flexibility index (Phi) is 6.29. The first-order valence-corrected chi connectivity index (χ1v) is 9.56. The van der Waals surface area contributed by atoms with Gasteiger partial charge in [-0.3, -0.25) is 9.59 Å². The molecule has 1 fully saturated rings. The summed E-state index contributed by atoms with van der Waals surface area (Å²) in [5.41, 5.74) is 1.60. The normalized spacial score (nSPS) is 16.5. The first kappa shape index (κ1) is 19.2. The number of anilines is 1. The second kappa shape index (κ2) is 8.86. The zero-order valence-electron chi connectivity index (χ0n) is 15.0. The Labute approximate surface area is 167 Å². The molecule has 27 heavy (non-hydrogen) atoms. The molecule has 0 spiro atoms. The van der Waals surface area contributed by atoms with Gasteiger partial charge in [0.15, 0.2) is 0 Å². The molecule has 1 unspecified atom stereocenters. The number of carbonyl (C=O) groups is 2. The van der Waals surface area contributed by atoms with Gasteiger partial charge in [0.05, 0.1) is 7.11 Å². The topological polar surface area (TPSA) is 58.6 Å². The number of ether oxygens (including phenoxy) is 1. The first-order chi connectivity index (χ1) is 13.1. The molecule has 3 rings (SSSR count). The average molecular weight is 429 g/mol. The monoisotopic (exact) mass is 428 g/mol. The summed E-state index contributed by atoms with van der Waals surface area (Å²) >= 11 is 3.46. The number of benzene rings is 2. The van der Waals surface area contributed by atoms with Gasteiger partial charge >= 0.3 is 0 Å². The van der Waals surface area contributed by atoms with Gasteiger partial charge in [-0.2, -0.15) is 0 Å². The maximum atomic E-state index is 12.6. The third-order valence-electron chi connectivity index (χ3n) is 4.51. The molecule has 1 N–H and O–H groups in total. The van der Waals surface area contributed by atoms with Gasteiger partial charge in [0.1, 0.15) is 11.8 Å². The van der Waals surface area contributed by atoms with E-state index < -0.39 is 6.04 Å². The van der Waals surface area contributed by atoms with Crippen molar-refractivity contribution in [3.63, 3.8) is 0 Å². The molecule has 1 aliphatic heterocycles. The molecule has 1 aliphatic rings. The quantitative estimate of drug-likeness (QED) is 0.729. The summed E-state index contributed by atoms with van der Waals surface area (Å²) in [6, 6.07) is 14.4. The molecule has 0 aromatic heterocycles. The van der Waals surface area contributed by atoms with E-state index in [0.29, 0.717) is 18.7 Å². The van der Waals surface area contributed by atoms with Crippen LogP contribution in [0.5, 0.6) is 5.75 Å². The van der Waals surface area contributed by atoms with Crippen molar-refractivity contribution in [2.24, 2.45) is 0 Å². The van der Waals surface area contributed by atoms with Crippen molar-refractivity contribution >= 4 is 39.5 Å². The Morgan fingerprint density at radius 3 is 2.63 bits per heavy atom. The van der Waals surface area contributed by atoms with E-state index in [0.717, 1.165) is 22.2 Å². The number of nitrogens with zero attached hydrogens (tertiary/aromatic N) is 1. The molecule has 6 heteroatoms. The SMILES string of the molecule is COc1ccc(NC(=O)C2CCCN2C(=O)/C=C/c2ccccc2Br)cc1. The highest BCUT2D eigenvalue weighted by Crippen LogP contribution is 2.22. The molecule has 140 valence electrons. The van der Waals surface area contributed by atoms with Crippen LogP contribution < -0.4 is 10.1 Å². The van der Waals surface area contributed by atoms with Crippen molar-refractivity contribution in [1.82, 2.24) is 4.90 Å². The lowest BCUT2D eigenvalue weighted by molar-refractivity contribution is -0.132. The lowest BCUT2D eigenvalue weighted by Gasteiger charge is -2.22. The molecular weight excluding hydrogens is 408 g/mol. The van der Waals surface area contributed by atoms with E-state index in [9.17, 15) is 9.59 Å². The molecule has 0 aliphatic carbocycles. The molecule has 2 aromatic rings. The Bertz CT molecular complexity index is 849. The highest BCUT2D eigenvalue weighted by molar-refractivity contribution is 9.10. The van der Waals surface area contributed by atoms with Crippen LogP contribution in [0.25, 0.3) is 6.08 Å². The predicted molar refractivity (Wildman–Crippen MR) is 110 cm³/mol. The van der Waals surface area contributed by atoms with Gasteiger partial charge in [0.2, 0.25) is 11.8 Å². The van der Waals surface area contributed by atoms with Crippen LogP contribution >= 0.6 is 15.9 Å². The van der Waals surface area contributed by atoms with Gasteiger partial charge < -0.3 is 15.0 Å². The van der Waals surface area contributed by atoms with Crippen LogP contribution in [0.3, 0.4) is 0 Å². The standard InChI is InChI=1S/C21H21BrN2O3/c1-27-17-11-9-16(10-12-17)23-21(26)19-7-4-14-24(19)20(25)13-8-15-5-2-3-6-18(15)22/h2-3,5-6,8-13,19H,4,7,14H2,1H3,(H,23,26)/b13-8+. The molecule has 2 amide bonds. The van der Waals surface area contributed by atoms with Crippen molar-refractivity contribution in [2.75, 3.05) is 19.0 Å². The third-order valence-corrected chi connectivity index (χ3v) is 5.23. The molecule has 0 radical (unpaired) electrons. The van der Waals surface area contributed by atoms with E-state index in [4.69, 9.17) is 4.74 Å². The van der Waals surface area contributed by atoms with Crippen LogP contribution in [0.15, 0.2) is 59.1 Å². The zero-order chi connectivity index (χ0) is 19.2. The number of likely N-dealkylation sites (tertiary alicyclic amines) is 1. The lowest BCUT2D eigenvalue weighted by Crippen LogP contribution is -2.42. The van der Waals surface area contributed by atoms with Crippen LogP contribution in [0.1, 0.15) is 18.4 Å². The molecule has 2 aromatic carbocycles. The maximum Gasteiger partial charge on any atom is 0.247 e. The second-order valence-electron chi connectivity index (χ2n) is 6.26. The Hall–Kier alpha value is -2.60. The first-order valence-electron chi connectivity index (χ1n) is 8.76. The van der Waals surface area contributed by atoms with Crippen molar-refractivity contribution in [3.05, 3.63) is 64.6 Å². The summed E-state index contributed by atoms with van der Waals surface area (Å²) in [6.07, 6.45) is 4.77. The number of hydrogen-bond donors (Lipinski definition) is 1. The molecular formula is C21H21BrN2O3. The highest BCUT2D eigenvalue weighted by Gasteiger charge is 2.33. The summed E-state index contributed by atoms with van der Waals surface area (Å²) in [4.78, 5) is 26.9. The lowest BCUT2D eigenvalue weighted by atomic mass is 10.2. The Balaban J connectivity index is 1.65. The van der Waals surface area contributed by atoms with Crippen molar-refractivity contribution in [2.45, 2.75) is 18.9 Å². The summed E-state index contributed by atoms with van der Waals surface area (Å²) in [7, 11) is 1.59. The van der Waals surface area contributed by atoms with Gasteiger partial charge in [-0.15, -0.1) is 0 Å². The van der Waals surface area contributed by atoms with Crippen molar-refractivity contribution < 1.29 is 14.3 Å². The molecule has 0 saturated carbocycles. The highest BCUT2D eigenvalue weighted by atomic mass is 79.9. The van der Waals surface area contributed by atoms with Crippen LogP contribution in [-0.4, -0.2) is 36.4 Å². The van der Waals surface area contributed by atoms with E-state index in [1.54, 1.807) is 42.4 Å². The summed E-state index contributed by atoms with van der Waals surface area (Å²) in [6.45, 7) is 0.583. The average Bonchev–Trinajstić information content (AvgIpc) is 3.18. The number of halogens is 1. The van der Waals surface area contributed by atoms with Crippen LogP contribution in [0.2, 0.25) is 0 Å². The minimum atomic E-state index is -0.455.